The Balaban J connectivity index is -0.0000000180. The molecule has 124 valence electrons. The molecule has 0 fully saturated rings. The molecule has 0 unspecified atom stereocenters. The van der Waals surface area contributed by atoms with Gasteiger partial charge in [-0.25, -0.2) is 0 Å². The molecule has 0 atom stereocenters. The molecule has 0 radical (unpaired) electrons. The van der Waals surface area contributed by atoms with Gasteiger partial charge in [0.25, 0.3) is 5.95 Å². The Morgan fingerprint density at radius 2 is 1.35 bits per heavy atom. The maximum absolute atomic E-state index is 9.66. The van der Waals surface area contributed by atoms with Crippen LogP contribution in [0.25, 0.3) is 0 Å². The SMILES string of the molecule is N.N.N.N.O.O=N[O-].O=N[O-].O=[N+]([O-])c1nnn[n-]1.[Co+3]. The number of hydrogen-bond acceptors (Lipinski definition) is 15. The molecule has 1 aromatic rings. The van der Waals surface area contributed by atoms with Crippen LogP contribution in [-0.4, -0.2) is 25.9 Å². The summed E-state index contributed by atoms with van der Waals surface area (Å²) in [6.45, 7) is 0. The topological polar surface area (TPSA) is 372 Å². The third-order valence-corrected chi connectivity index (χ3v) is 0.472. The number of nitrogens with zero attached hydrogens (tertiary/aromatic N) is 7. The minimum Gasteiger partial charge on any atom is -0.458 e. The Morgan fingerprint density at radius 1 is 1.05 bits per heavy atom. The van der Waals surface area contributed by atoms with Crippen LogP contribution in [0.15, 0.2) is 10.7 Å². The largest absolute Gasteiger partial charge is 3.00 e. The third-order valence-electron chi connectivity index (χ3n) is 0.472. The number of aromatic nitrogens is 4. The maximum atomic E-state index is 9.66. The molecule has 0 bridgehead atoms. The van der Waals surface area contributed by atoms with Gasteiger partial charge in [-0.3, -0.25) is 0 Å². The molecule has 0 saturated carbocycles. The molecule has 14 N–H and O–H groups in total. The second kappa shape index (κ2) is 43.9. The molecule has 1 rings (SSSR count). The summed E-state index contributed by atoms with van der Waals surface area (Å²) in [7, 11) is 0. The van der Waals surface area contributed by atoms with Crippen molar-refractivity contribution in [1.29, 1.82) is 0 Å². The summed E-state index contributed by atoms with van der Waals surface area (Å²) in [5.41, 5.74) is 0. The fraction of sp³-hybridized carbons (Fsp3) is 0. The number of hydrogen-bond donors (Lipinski definition) is 4. The van der Waals surface area contributed by atoms with Crippen LogP contribution < -0.4 is 29.7 Å². The average molecular weight is 351 g/mol. The van der Waals surface area contributed by atoms with E-state index in [0.717, 1.165) is 10.7 Å². The van der Waals surface area contributed by atoms with Gasteiger partial charge in [-0.1, -0.05) is 10.2 Å². The Morgan fingerprint density at radius 3 is 1.45 bits per heavy atom. The smallest absolute Gasteiger partial charge is 0.458 e. The normalized spacial score (nSPS) is 4.80. The predicted molar refractivity (Wildman–Crippen MR) is 61.8 cm³/mol. The van der Waals surface area contributed by atoms with Gasteiger partial charge < -0.3 is 60.4 Å². The minimum atomic E-state index is -0.764. The first-order valence-corrected chi connectivity index (χ1v) is 2.37. The quantitative estimate of drug-likeness (QED) is 0.269. The fourth-order valence-electron chi connectivity index (χ4n) is 0.213. The zero-order valence-corrected chi connectivity index (χ0v) is 10.8. The Bertz CT molecular complexity index is 260. The van der Waals surface area contributed by atoms with Crippen molar-refractivity contribution in [1.82, 2.24) is 45.2 Å². The van der Waals surface area contributed by atoms with Gasteiger partial charge in [-0.2, -0.15) is 4.92 Å². The summed E-state index contributed by atoms with van der Waals surface area (Å²) in [5.74, 6) is -0.565. The first-order valence-electron chi connectivity index (χ1n) is 2.37. The molecule has 0 aliphatic rings. The van der Waals surface area contributed by atoms with E-state index >= 15 is 0 Å². The van der Waals surface area contributed by atoms with Crippen LogP contribution in [0, 0.1) is 30.3 Å². The van der Waals surface area contributed by atoms with E-state index < -0.39 is 10.9 Å². The predicted octanol–water partition coefficient (Wildman–Crippen LogP) is -0.941. The molecule has 19 heteroatoms. The first-order chi connectivity index (χ1) is 6.63. The molecule has 0 aliphatic heterocycles. The number of nitro groups is 1. The van der Waals surface area contributed by atoms with Crippen molar-refractivity contribution in [2.75, 3.05) is 0 Å². The molecule has 1 aromatic heterocycles. The molecule has 20 heavy (non-hydrogen) atoms. The molecular formula is CH14CoN11O7. The van der Waals surface area contributed by atoms with Gasteiger partial charge in [0.05, 0.1) is 0 Å². The Hall–Kier alpha value is -2.42. The van der Waals surface area contributed by atoms with Gasteiger partial charge in [0.1, 0.15) is 0 Å². The Labute approximate surface area is 120 Å². The molecule has 18 nitrogen and oxygen atoms in total. The first kappa shape index (κ1) is 52.7. The fourth-order valence-corrected chi connectivity index (χ4v) is 0.213. The summed E-state index contributed by atoms with van der Waals surface area (Å²) in [4.78, 5) is 24.9. The second-order valence-corrected chi connectivity index (χ2v) is 1.09. The van der Waals surface area contributed by atoms with Crippen molar-refractivity contribution < 1.29 is 27.2 Å². The van der Waals surface area contributed by atoms with Crippen LogP contribution in [0.1, 0.15) is 0 Å². The molecule has 0 aliphatic carbocycles. The molecule has 0 amide bonds. The third kappa shape index (κ3) is 45.0. The average Bonchev–Trinajstić information content (AvgIpc) is 2.58. The minimum absolute atomic E-state index is 0. The van der Waals surface area contributed by atoms with Crippen LogP contribution >= 0.6 is 0 Å². The summed E-state index contributed by atoms with van der Waals surface area (Å²) in [6, 6.07) is 0. The maximum Gasteiger partial charge on any atom is 3.00 e. The monoisotopic (exact) mass is 351 g/mol. The molecule has 1 heterocycles. The van der Waals surface area contributed by atoms with Crippen LogP contribution in [0.4, 0.5) is 5.95 Å². The molecular weight excluding hydrogens is 337 g/mol. The molecule has 0 spiro atoms. The summed E-state index contributed by atoms with van der Waals surface area (Å²) in [5, 5.41) is 39.3. The van der Waals surface area contributed by atoms with Crippen molar-refractivity contribution >= 4 is 5.95 Å². The van der Waals surface area contributed by atoms with E-state index in [2.05, 4.69) is 20.6 Å². The summed E-state index contributed by atoms with van der Waals surface area (Å²) in [6.07, 6.45) is 0. The zero-order chi connectivity index (χ0) is 11.4. The zero-order valence-electron chi connectivity index (χ0n) is 9.74. The summed E-state index contributed by atoms with van der Waals surface area (Å²) >= 11 is 0. The number of rotatable bonds is 1. The van der Waals surface area contributed by atoms with E-state index in [1.54, 1.807) is 0 Å². The van der Waals surface area contributed by atoms with Crippen molar-refractivity contribution in [2.24, 2.45) is 10.7 Å². The van der Waals surface area contributed by atoms with Gasteiger partial charge in [-0.05, 0) is 10.4 Å². The van der Waals surface area contributed by atoms with Crippen molar-refractivity contribution in [2.45, 2.75) is 0 Å². The van der Waals surface area contributed by atoms with E-state index in [-0.39, 0.29) is 46.9 Å². The second-order valence-electron chi connectivity index (χ2n) is 1.09. The van der Waals surface area contributed by atoms with E-state index in [4.69, 9.17) is 20.2 Å². The van der Waals surface area contributed by atoms with E-state index in [0.29, 0.717) is 0 Å². The molecule has 0 aromatic carbocycles. The van der Waals surface area contributed by atoms with Gasteiger partial charge in [0.2, 0.25) is 0 Å². The van der Waals surface area contributed by atoms with Gasteiger partial charge in [0, 0.05) is 0 Å². The van der Waals surface area contributed by atoms with E-state index in [9.17, 15) is 10.1 Å². The van der Waals surface area contributed by atoms with Crippen LogP contribution in [0.3, 0.4) is 0 Å². The van der Waals surface area contributed by atoms with Crippen LogP contribution in [0.5, 0.6) is 0 Å². The van der Waals surface area contributed by atoms with Crippen LogP contribution in [0.2, 0.25) is 0 Å². The van der Waals surface area contributed by atoms with E-state index in [1.807, 2.05) is 0 Å². The van der Waals surface area contributed by atoms with E-state index in [1.165, 1.54) is 0 Å². The summed E-state index contributed by atoms with van der Waals surface area (Å²) < 4.78 is 0. The standard InChI is InChI=1S/CN5O2.Co.2HNO2.4H3N.H2O/c7-6(8)1-2-4-5-3-1;;2*2-1-3;;;;;/h;;2*(H,2,3);4*1H3;1H2/q-1;+3;;;;;;;/p-2. The van der Waals surface area contributed by atoms with Gasteiger partial charge in [0.15, 0.2) is 0 Å². The van der Waals surface area contributed by atoms with Crippen molar-refractivity contribution in [3.63, 3.8) is 0 Å². The Kier molecular flexibility index (Phi) is 115. The van der Waals surface area contributed by atoms with Crippen molar-refractivity contribution in [3.8, 4) is 0 Å². The van der Waals surface area contributed by atoms with Crippen LogP contribution in [-0.2, 0) is 16.8 Å². The molecule has 0 saturated heterocycles. The van der Waals surface area contributed by atoms with Gasteiger partial charge >= 0.3 is 16.8 Å². The van der Waals surface area contributed by atoms with Gasteiger partial charge in [-0.15, -0.1) is 10.7 Å². The van der Waals surface area contributed by atoms with Crippen molar-refractivity contribution in [3.05, 3.63) is 30.3 Å². The number of tetrazole rings is 1.